The maximum absolute atomic E-state index is 12.3. The molecule has 0 spiro atoms. The number of carbonyl (C=O) groups is 3. The Morgan fingerprint density at radius 2 is 1.81 bits per heavy atom. The highest BCUT2D eigenvalue weighted by atomic mass is 16.5. The smallest absolute Gasteiger partial charge is 0.309 e. The third kappa shape index (κ3) is 5.42. The first-order valence-electron chi connectivity index (χ1n) is 9.60. The summed E-state index contributed by atoms with van der Waals surface area (Å²) in [5.74, 6) is -0.706. The van der Waals surface area contributed by atoms with Crippen molar-refractivity contribution in [2.45, 2.75) is 38.6 Å². The molecule has 2 amide bonds. The first-order chi connectivity index (χ1) is 13.1. The summed E-state index contributed by atoms with van der Waals surface area (Å²) in [5.41, 5.74) is 1.56. The number of esters is 1. The van der Waals surface area contributed by atoms with Gasteiger partial charge in [-0.25, -0.2) is 0 Å². The molecule has 1 aromatic carbocycles. The summed E-state index contributed by atoms with van der Waals surface area (Å²) in [6.45, 7) is 1.73. The van der Waals surface area contributed by atoms with Crippen molar-refractivity contribution < 1.29 is 19.1 Å². The molecule has 6 nitrogen and oxygen atoms in total. The molecule has 1 aliphatic carbocycles. The van der Waals surface area contributed by atoms with Crippen LogP contribution in [0.2, 0.25) is 0 Å². The summed E-state index contributed by atoms with van der Waals surface area (Å²) < 4.78 is 5.10. The second kappa shape index (κ2) is 9.35. The second-order valence-corrected chi connectivity index (χ2v) is 7.06. The van der Waals surface area contributed by atoms with Gasteiger partial charge in [-0.15, -0.1) is 0 Å². The van der Waals surface area contributed by atoms with Crippen LogP contribution in [0.3, 0.4) is 0 Å². The maximum Gasteiger partial charge on any atom is 0.309 e. The fourth-order valence-electron chi connectivity index (χ4n) is 3.38. The molecule has 0 unspecified atom stereocenters. The average molecular weight is 370 g/mol. The quantitative estimate of drug-likeness (QED) is 0.616. The first kappa shape index (κ1) is 19.1. The molecule has 6 heteroatoms. The van der Waals surface area contributed by atoms with E-state index in [1.165, 1.54) is 0 Å². The SMILES string of the molecule is O=C(COC(=O)[C@H]1CC=CCC1)NCc1ccc(C(=O)N2CCCC2)cc1. The fraction of sp³-hybridized carbons (Fsp3) is 0.476. The molecule has 2 aliphatic rings. The number of nitrogens with zero attached hydrogens (tertiary/aromatic N) is 1. The molecule has 1 atom stereocenters. The van der Waals surface area contributed by atoms with Gasteiger partial charge in [-0.3, -0.25) is 14.4 Å². The van der Waals surface area contributed by atoms with Crippen LogP contribution in [0.4, 0.5) is 0 Å². The van der Waals surface area contributed by atoms with Gasteiger partial charge in [0.2, 0.25) is 0 Å². The minimum absolute atomic E-state index is 0.0626. The number of ether oxygens (including phenoxy) is 1. The van der Waals surface area contributed by atoms with Crippen molar-refractivity contribution in [3.05, 3.63) is 47.5 Å². The van der Waals surface area contributed by atoms with Crippen molar-refractivity contribution >= 4 is 17.8 Å². The van der Waals surface area contributed by atoms with E-state index in [2.05, 4.69) is 11.4 Å². The van der Waals surface area contributed by atoms with Crippen molar-refractivity contribution in [3.8, 4) is 0 Å². The molecule has 0 bridgehead atoms. The van der Waals surface area contributed by atoms with Gasteiger partial charge in [0, 0.05) is 25.2 Å². The van der Waals surface area contributed by atoms with Gasteiger partial charge in [0.1, 0.15) is 0 Å². The van der Waals surface area contributed by atoms with E-state index in [1.54, 1.807) is 12.1 Å². The van der Waals surface area contributed by atoms with Crippen molar-refractivity contribution in [2.24, 2.45) is 5.92 Å². The van der Waals surface area contributed by atoms with E-state index >= 15 is 0 Å². The lowest BCUT2D eigenvalue weighted by molar-refractivity contribution is -0.152. The van der Waals surface area contributed by atoms with Crippen LogP contribution in [0.15, 0.2) is 36.4 Å². The highest BCUT2D eigenvalue weighted by molar-refractivity contribution is 5.94. The molecule has 1 N–H and O–H groups in total. The largest absolute Gasteiger partial charge is 0.455 e. The highest BCUT2D eigenvalue weighted by Gasteiger charge is 2.21. The van der Waals surface area contributed by atoms with Crippen molar-refractivity contribution in [3.63, 3.8) is 0 Å². The third-order valence-corrected chi connectivity index (χ3v) is 5.03. The zero-order chi connectivity index (χ0) is 19.1. The number of carbonyl (C=O) groups excluding carboxylic acids is 3. The molecule has 0 radical (unpaired) electrons. The molecule has 1 saturated heterocycles. The summed E-state index contributed by atoms with van der Waals surface area (Å²) in [6.07, 6.45) is 8.51. The Labute approximate surface area is 159 Å². The minimum Gasteiger partial charge on any atom is -0.455 e. The molecule has 27 heavy (non-hydrogen) atoms. The van der Waals surface area contributed by atoms with Crippen molar-refractivity contribution in [2.75, 3.05) is 19.7 Å². The Morgan fingerprint density at radius 3 is 2.48 bits per heavy atom. The Kier molecular flexibility index (Phi) is 6.63. The minimum atomic E-state index is -0.327. The molecular weight excluding hydrogens is 344 g/mol. The van der Waals surface area contributed by atoms with Crippen LogP contribution < -0.4 is 5.32 Å². The van der Waals surface area contributed by atoms with Gasteiger partial charge in [0.25, 0.3) is 11.8 Å². The highest BCUT2D eigenvalue weighted by Crippen LogP contribution is 2.19. The molecule has 1 heterocycles. The zero-order valence-corrected chi connectivity index (χ0v) is 15.5. The Balaban J connectivity index is 1.40. The van der Waals surface area contributed by atoms with Gasteiger partial charge < -0.3 is 15.0 Å². The Bertz CT molecular complexity index is 705. The van der Waals surface area contributed by atoms with Crippen LogP contribution in [0.1, 0.15) is 48.0 Å². The summed E-state index contributed by atoms with van der Waals surface area (Å²) >= 11 is 0. The monoisotopic (exact) mass is 370 g/mol. The molecule has 0 aromatic heterocycles. The van der Waals surface area contributed by atoms with Crippen LogP contribution in [0.5, 0.6) is 0 Å². The number of hydrogen-bond acceptors (Lipinski definition) is 4. The number of benzene rings is 1. The number of nitrogens with one attached hydrogen (secondary N) is 1. The van der Waals surface area contributed by atoms with Crippen LogP contribution >= 0.6 is 0 Å². The molecule has 0 saturated carbocycles. The molecule has 3 rings (SSSR count). The van der Waals surface area contributed by atoms with Gasteiger partial charge in [-0.2, -0.15) is 0 Å². The predicted molar refractivity (Wildman–Crippen MR) is 101 cm³/mol. The zero-order valence-electron chi connectivity index (χ0n) is 15.5. The topological polar surface area (TPSA) is 75.7 Å². The predicted octanol–water partition coefficient (Wildman–Crippen LogP) is 2.44. The lowest BCUT2D eigenvalue weighted by atomic mass is 9.95. The molecule has 144 valence electrons. The average Bonchev–Trinajstić information content (AvgIpc) is 3.26. The standard InChI is InChI=1S/C21H26N2O4/c24-19(15-27-21(26)18-6-2-1-3-7-18)22-14-16-8-10-17(11-9-16)20(25)23-12-4-5-13-23/h1-2,8-11,18H,3-7,12-15H2,(H,22,24)/t18-/m0/s1. The molecular formula is C21H26N2O4. The van der Waals surface area contributed by atoms with E-state index in [1.807, 2.05) is 23.1 Å². The maximum atomic E-state index is 12.3. The molecule has 1 fully saturated rings. The van der Waals surface area contributed by atoms with Crippen LogP contribution in [0.25, 0.3) is 0 Å². The Morgan fingerprint density at radius 1 is 1.07 bits per heavy atom. The van der Waals surface area contributed by atoms with E-state index in [0.29, 0.717) is 18.5 Å². The van der Waals surface area contributed by atoms with E-state index < -0.39 is 0 Å². The van der Waals surface area contributed by atoms with Crippen LogP contribution in [0, 0.1) is 5.92 Å². The number of rotatable bonds is 6. The summed E-state index contributed by atoms with van der Waals surface area (Å²) in [4.78, 5) is 38.0. The van der Waals surface area contributed by atoms with Gasteiger partial charge in [0.15, 0.2) is 6.61 Å². The van der Waals surface area contributed by atoms with E-state index in [0.717, 1.165) is 44.3 Å². The number of likely N-dealkylation sites (tertiary alicyclic amines) is 1. The number of amides is 2. The van der Waals surface area contributed by atoms with Crippen molar-refractivity contribution in [1.82, 2.24) is 10.2 Å². The van der Waals surface area contributed by atoms with E-state index in [9.17, 15) is 14.4 Å². The van der Waals surface area contributed by atoms with Gasteiger partial charge in [0.05, 0.1) is 5.92 Å². The van der Waals surface area contributed by atoms with Crippen molar-refractivity contribution in [1.29, 1.82) is 0 Å². The second-order valence-electron chi connectivity index (χ2n) is 7.06. The van der Waals surface area contributed by atoms with Crippen LogP contribution in [-0.2, 0) is 20.9 Å². The van der Waals surface area contributed by atoms with Crippen LogP contribution in [-0.4, -0.2) is 42.4 Å². The number of hydrogen-bond donors (Lipinski definition) is 1. The van der Waals surface area contributed by atoms with Gasteiger partial charge in [-0.1, -0.05) is 24.3 Å². The number of allylic oxidation sites excluding steroid dienone is 2. The first-order valence-corrected chi connectivity index (χ1v) is 9.60. The van der Waals surface area contributed by atoms with Gasteiger partial charge in [-0.05, 0) is 49.8 Å². The normalized spacial score (nSPS) is 19.0. The third-order valence-electron chi connectivity index (χ3n) is 5.03. The molecule has 1 aromatic rings. The Hall–Kier alpha value is -2.63. The summed E-state index contributed by atoms with van der Waals surface area (Å²) in [7, 11) is 0. The van der Waals surface area contributed by atoms with E-state index in [4.69, 9.17) is 4.74 Å². The fourth-order valence-corrected chi connectivity index (χ4v) is 3.38. The lowest BCUT2D eigenvalue weighted by Crippen LogP contribution is -2.30. The van der Waals surface area contributed by atoms with E-state index in [-0.39, 0.29) is 30.3 Å². The summed E-state index contributed by atoms with van der Waals surface area (Å²) in [6, 6.07) is 7.26. The summed E-state index contributed by atoms with van der Waals surface area (Å²) in [5, 5.41) is 2.74. The molecule has 1 aliphatic heterocycles. The van der Waals surface area contributed by atoms with Gasteiger partial charge >= 0.3 is 5.97 Å². The lowest BCUT2D eigenvalue weighted by Gasteiger charge is -2.16.